The maximum Gasteiger partial charge on any atom is 0.325 e. The van der Waals surface area contributed by atoms with E-state index >= 15 is 0 Å². The summed E-state index contributed by atoms with van der Waals surface area (Å²) in [5.74, 6) is 0.0253. The first-order valence-electron chi connectivity index (χ1n) is 7.78. The van der Waals surface area contributed by atoms with Gasteiger partial charge < -0.3 is 14.4 Å². The molecule has 0 saturated carbocycles. The molecule has 5 heteroatoms. The minimum atomic E-state index is -0.420. The number of amides is 1. The summed E-state index contributed by atoms with van der Waals surface area (Å²) >= 11 is 0. The lowest BCUT2D eigenvalue weighted by atomic mass is 10.2. The van der Waals surface area contributed by atoms with Crippen molar-refractivity contribution in [2.75, 3.05) is 20.2 Å². The summed E-state index contributed by atoms with van der Waals surface area (Å²) in [6.45, 7) is 2.43. The van der Waals surface area contributed by atoms with Gasteiger partial charge in [0.05, 0.1) is 6.61 Å². The summed E-state index contributed by atoms with van der Waals surface area (Å²) in [5.41, 5.74) is 1.57. The number of carbonyl (C=O) groups is 2. The van der Waals surface area contributed by atoms with E-state index in [1.807, 2.05) is 30.3 Å². The highest BCUT2D eigenvalue weighted by Gasteiger charge is 2.15. The molecule has 0 fully saturated rings. The standard InChI is InChI=1S/C19H21NO4/c1-3-23-18(21)13-20(2)19(22)16-9-11-17(12-10-16)24-14-15-7-5-4-6-8-15/h4-12H,3,13-14H2,1-2H3. The van der Waals surface area contributed by atoms with Crippen molar-refractivity contribution >= 4 is 11.9 Å². The molecular formula is C19H21NO4. The van der Waals surface area contributed by atoms with Crippen molar-refractivity contribution in [2.45, 2.75) is 13.5 Å². The van der Waals surface area contributed by atoms with Crippen LogP contribution in [0, 0.1) is 0 Å². The van der Waals surface area contributed by atoms with Crippen LogP contribution in [0.2, 0.25) is 0 Å². The van der Waals surface area contributed by atoms with Crippen LogP contribution in [0.4, 0.5) is 0 Å². The number of nitrogens with zero attached hydrogens (tertiary/aromatic N) is 1. The topological polar surface area (TPSA) is 55.8 Å². The Kier molecular flexibility index (Phi) is 6.37. The first kappa shape index (κ1) is 17.5. The summed E-state index contributed by atoms with van der Waals surface area (Å²) in [6, 6.07) is 16.7. The summed E-state index contributed by atoms with van der Waals surface area (Å²) in [6.07, 6.45) is 0. The van der Waals surface area contributed by atoms with Crippen LogP contribution >= 0.6 is 0 Å². The molecule has 126 valence electrons. The molecule has 0 saturated heterocycles. The SMILES string of the molecule is CCOC(=O)CN(C)C(=O)c1ccc(OCc2ccccc2)cc1. The summed E-state index contributed by atoms with van der Waals surface area (Å²) in [5, 5.41) is 0. The molecule has 0 bridgehead atoms. The summed E-state index contributed by atoms with van der Waals surface area (Å²) in [4.78, 5) is 25.0. The Labute approximate surface area is 141 Å². The second-order valence-corrected chi connectivity index (χ2v) is 5.26. The van der Waals surface area contributed by atoms with Crippen molar-refractivity contribution in [3.63, 3.8) is 0 Å². The number of ether oxygens (including phenoxy) is 2. The Morgan fingerprint density at radius 2 is 1.67 bits per heavy atom. The Morgan fingerprint density at radius 3 is 2.29 bits per heavy atom. The third-order valence-corrected chi connectivity index (χ3v) is 3.37. The highest BCUT2D eigenvalue weighted by atomic mass is 16.5. The average molecular weight is 327 g/mol. The van der Waals surface area contributed by atoms with Crippen molar-refractivity contribution < 1.29 is 19.1 Å². The number of hydrogen-bond acceptors (Lipinski definition) is 4. The second kappa shape index (κ2) is 8.72. The van der Waals surface area contributed by atoms with Gasteiger partial charge in [-0.15, -0.1) is 0 Å². The molecule has 0 aromatic heterocycles. The number of rotatable bonds is 7. The second-order valence-electron chi connectivity index (χ2n) is 5.26. The van der Waals surface area contributed by atoms with E-state index in [0.29, 0.717) is 24.5 Å². The van der Waals surface area contributed by atoms with Crippen LogP contribution in [0.25, 0.3) is 0 Å². The molecule has 0 aliphatic heterocycles. The number of carbonyl (C=O) groups excluding carboxylic acids is 2. The van der Waals surface area contributed by atoms with Crippen molar-refractivity contribution in [2.24, 2.45) is 0 Å². The maximum atomic E-state index is 12.3. The van der Waals surface area contributed by atoms with Gasteiger partial charge in [-0.2, -0.15) is 0 Å². The highest BCUT2D eigenvalue weighted by Crippen LogP contribution is 2.15. The molecule has 0 atom stereocenters. The molecule has 24 heavy (non-hydrogen) atoms. The van der Waals surface area contributed by atoms with Gasteiger partial charge in [-0.1, -0.05) is 30.3 Å². The first-order chi connectivity index (χ1) is 11.6. The molecule has 0 aliphatic carbocycles. The predicted octanol–water partition coefficient (Wildman–Crippen LogP) is 2.90. The van der Waals surface area contributed by atoms with Crippen LogP contribution in [-0.4, -0.2) is 37.0 Å². The van der Waals surface area contributed by atoms with Crippen LogP contribution in [0.3, 0.4) is 0 Å². The molecule has 1 amide bonds. The zero-order chi connectivity index (χ0) is 17.4. The van der Waals surface area contributed by atoms with Gasteiger partial charge in [0, 0.05) is 12.6 Å². The normalized spacial score (nSPS) is 10.1. The van der Waals surface area contributed by atoms with E-state index in [1.165, 1.54) is 4.90 Å². The van der Waals surface area contributed by atoms with Crippen LogP contribution in [0.5, 0.6) is 5.75 Å². The number of esters is 1. The molecule has 2 rings (SSSR count). The van der Waals surface area contributed by atoms with Crippen LogP contribution in [0.15, 0.2) is 54.6 Å². The smallest absolute Gasteiger partial charge is 0.325 e. The quantitative estimate of drug-likeness (QED) is 0.734. The number of benzene rings is 2. The summed E-state index contributed by atoms with van der Waals surface area (Å²) < 4.78 is 10.5. The number of likely N-dealkylation sites (N-methyl/N-ethyl adjacent to an activating group) is 1. The van der Waals surface area contributed by atoms with E-state index in [9.17, 15) is 9.59 Å². The lowest BCUT2D eigenvalue weighted by molar-refractivity contribution is -0.143. The van der Waals surface area contributed by atoms with E-state index in [4.69, 9.17) is 9.47 Å². The van der Waals surface area contributed by atoms with E-state index in [2.05, 4.69) is 0 Å². The maximum absolute atomic E-state index is 12.3. The molecule has 0 unspecified atom stereocenters. The van der Waals surface area contributed by atoms with Crippen LogP contribution < -0.4 is 4.74 Å². The van der Waals surface area contributed by atoms with E-state index in [1.54, 1.807) is 38.2 Å². The zero-order valence-corrected chi connectivity index (χ0v) is 13.9. The van der Waals surface area contributed by atoms with Crippen LogP contribution in [-0.2, 0) is 16.1 Å². The van der Waals surface area contributed by atoms with Crippen molar-refractivity contribution in [1.82, 2.24) is 4.90 Å². The van der Waals surface area contributed by atoms with Gasteiger partial charge in [0.1, 0.15) is 18.9 Å². The molecule has 0 radical (unpaired) electrons. The lowest BCUT2D eigenvalue weighted by Gasteiger charge is -2.16. The van der Waals surface area contributed by atoms with E-state index in [-0.39, 0.29) is 12.5 Å². The monoisotopic (exact) mass is 327 g/mol. The van der Waals surface area contributed by atoms with Gasteiger partial charge in [0.2, 0.25) is 0 Å². The molecule has 5 nitrogen and oxygen atoms in total. The fourth-order valence-corrected chi connectivity index (χ4v) is 2.13. The predicted molar refractivity (Wildman–Crippen MR) is 90.8 cm³/mol. The molecule has 0 spiro atoms. The van der Waals surface area contributed by atoms with E-state index in [0.717, 1.165) is 5.56 Å². The van der Waals surface area contributed by atoms with Crippen molar-refractivity contribution in [1.29, 1.82) is 0 Å². The van der Waals surface area contributed by atoms with Gasteiger partial charge in [0.25, 0.3) is 5.91 Å². The van der Waals surface area contributed by atoms with Gasteiger partial charge >= 0.3 is 5.97 Å². The largest absolute Gasteiger partial charge is 0.489 e. The average Bonchev–Trinajstić information content (AvgIpc) is 2.61. The molecular weight excluding hydrogens is 306 g/mol. The first-order valence-corrected chi connectivity index (χ1v) is 7.78. The molecule has 2 aromatic rings. The van der Waals surface area contributed by atoms with Gasteiger partial charge in [-0.25, -0.2) is 0 Å². The number of hydrogen-bond donors (Lipinski definition) is 0. The highest BCUT2D eigenvalue weighted by molar-refractivity contribution is 5.95. The third-order valence-electron chi connectivity index (χ3n) is 3.37. The van der Waals surface area contributed by atoms with Gasteiger partial charge in [-0.05, 0) is 36.8 Å². The molecule has 0 N–H and O–H groups in total. The zero-order valence-electron chi connectivity index (χ0n) is 13.9. The Bertz CT molecular complexity index is 668. The Morgan fingerprint density at radius 1 is 1.00 bits per heavy atom. The van der Waals surface area contributed by atoms with Gasteiger partial charge in [-0.3, -0.25) is 9.59 Å². The van der Waals surface area contributed by atoms with Crippen molar-refractivity contribution in [3.8, 4) is 5.75 Å². The molecule has 0 heterocycles. The molecule has 0 aliphatic rings. The molecule has 2 aromatic carbocycles. The van der Waals surface area contributed by atoms with Gasteiger partial charge in [0.15, 0.2) is 0 Å². The minimum Gasteiger partial charge on any atom is -0.489 e. The minimum absolute atomic E-state index is 0.0705. The fourth-order valence-electron chi connectivity index (χ4n) is 2.13. The Hall–Kier alpha value is -2.82. The summed E-state index contributed by atoms with van der Waals surface area (Å²) in [7, 11) is 1.57. The lowest BCUT2D eigenvalue weighted by Crippen LogP contribution is -2.33. The fraction of sp³-hybridized carbons (Fsp3) is 0.263. The van der Waals surface area contributed by atoms with Crippen LogP contribution in [0.1, 0.15) is 22.8 Å². The Balaban J connectivity index is 1.91. The van der Waals surface area contributed by atoms with Crippen molar-refractivity contribution in [3.05, 3.63) is 65.7 Å². The van der Waals surface area contributed by atoms with E-state index < -0.39 is 5.97 Å². The third kappa shape index (κ3) is 5.12.